The molecule has 0 aromatic rings. The van der Waals surface area contributed by atoms with Crippen LogP contribution in [0.1, 0.15) is 32.6 Å². The van der Waals surface area contributed by atoms with Crippen molar-refractivity contribution in [3.63, 3.8) is 0 Å². The SMILES string of the molecule is CCS(=O)(=O)N1CC(CNC(=O)N2CCCC2C2CCCO2)C1. The van der Waals surface area contributed by atoms with E-state index in [0.29, 0.717) is 19.6 Å². The highest BCUT2D eigenvalue weighted by Crippen LogP contribution is 2.28. The summed E-state index contributed by atoms with van der Waals surface area (Å²) in [6.45, 7) is 4.83. The van der Waals surface area contributed by atoms with Gasteiger partial charge in [-0.15, -0.1) is 0 Å². The maximum atomic E-state index is 12.4. The minimum atomic E-state index is -3.07. The van der Waals surface area contributed by atoms with Crippen molar-refractivity contribution >= 4 is 16.1 Å². The fourth-order valence-corrected chi connectivity index (χ4v) is 4.97. The molecule has 3 heterocycles. The van der Waals surface area contributed by atoms with Crippen molar-refractivity contribution in [1.82, 2.24) is 14.5 Å². The number of nitrogens with one attached hydrogen (secondary N) is 1. The lowest BCUT2D eigenvalue weighted by molar-refractivity contribution is 0.0516. The van der Waals surface area contributed by atoms with E-state index >= 15 is 0 Å². The molecule has 0 aromatic carbocycles. The summed E-state index contributed by atoms with van der Waals surface area (Å²) in [7, 11) is -3.07. The van der Waals surface area contributed by atoms with Gasteiger partial charge in [-0.2, -0.15) is 0 Å². The molecule has 3 rings (SSSR count). The Morgan fingerprint density at radius 3 is 2.70 bits per heavy atom. The summed E-state index contributed by atoms with van der Waals surface area (Å²) in [6, 6.07) is 0.177. The molecular formula is C15H27N3O4S. The monoisotopic (exact) mass is 345 g/mol. The number of carbonyl (C=O) groups excluding carboxylic acids is 1. The predicted octanol–water partition coefficient (Wildman–Crippen LogP) is 0.621. The quantitative estimate of drug-likeness (QED) is 0.792. The van der Waals surface area contributed by atoms with Gasteiger partial charge in [0.05, 0.1) is 17.9 Å². The Morgan fingerprint density at radius 1 is 1.26 bits per heavy atom. The number of hydrogen-bond acceptors (Lipinski definition) is 4. The van der Waals surface area contributed by atoms with Crippen LogP contribution in [0.15, 0.2) is 0 Å². The summed E-state index contributed by atoms with van der Waals surface area (Å²) in [5.74, 6) is 0.368. The summed E-state index contributed by atoms with van der Waals surface area (Å²) >= 11 is 0. The minimum Gasteiger partial charge on any atom is -0.376 e. The van der Waals surface area contributed by atoms with Crippen LogP contribution in [0.3, 0.4) is 0 Å². The zero-order valence-corrected chi connectivity index (χ0v) is 14.6. The van der Waals surface area contributed by atoms with E-state index in [2.05, 4.69) is 5.32 Å². The Hall–Kier alpha value is -0.860. The first kappa shape index (κ1) is 17.0. The Bertz CT molecular complexity index is 527. The number of rotatable bonds is 5. The standard InChI is InChI=1S/C15H27N3O4S/c1-2-23(20,21)17-10-12(11-17)9-16-15(19)18-7-3-5-13(18)14-6-4-8-22-14/h12-14H,2-11H2,1H3,(H,16,19). The molecular weight excluding hydrogens is 318 g/mol. The van der Waals surface area contributed by atoms with E-state index < -0.39 is 10.0 Å². The van der Waals surface area contributed by atoms with E-state index in [-0.39, 0.29) is 29.8 Å². The lowest BCUT2D eigenvalue weighted by Crippen LogP contribution is -2.55. The van der Waals surface area contributed by atoms with Gasteiger partial charge in [-0.1, -0.05) is 0 Å². The molecule has 7 nitrogen and oxygen atoms in total. The van der Waals surface area contributed by atoms with Crippen LogP contribution >= 0.6 is 0 Å². The first-order valence-corrected chi connectivity index (χ1v) is 10.3. The van der Waals surface area contributed by atoms with Crippen LogP contribution in [0.2, 0.25) is 0 Å². The van der Waals surface area contributed by atoms with Gasteiger partial charge in [0, 0.05) is 38.7 Å². The lowest BCUT2D eigenvalue weighted by Gasteiger charge is -2.38. The van der Waals surface area contributed by atoms with Crippen LogP contribution in [0.5, 0.6) is 0 Å². The molecule has 0 aliphatic carbocycles. The van der Waals surface area contributed by atoms with E-state index in [0.717, 1.165) is 38.8 Å². The average molecular weight is 345 g/mol. The molecule has 8 heteroatoms. The van der Waals surface area contributed by atoms with E-state index in [1.54, 1.807) is 6.92 Å². The number of sulfonamides is 1. The van der Waals surface area contributed by atoms with Gasteiger partial charge in [0.1, 0.15) is 0 Å². The van der Waals surface area contributed by atoms with Gasteiger partial charge in [-0.25, -0.2) is 17.5 Å². The normalized spacial score (nSPS) is 29.7. The number of carbonyl (C=O) groups is 1. The van der Waals surface area contributed by atoms with Crippen LogP contribution < -0.4 is 5.32 Å². The number of nitrogens with zero attached hydrogens (tertiary/aromatic N) is 2. The Labute approximate surface area is 138 Å². The van der Waals surface area contributed by atoms with Crippen LogP contribution in [-0.4, -0.2) is 74.3 Å². The van der Waals surface area contributed by atoms with Gasteiger partial charge < -0.3 is 15.0 Å². The molecule has 0 spiro atoms. The third-order valence-electron chi connectivity index (χ3n) is 5.18. The van der Waals surface area contributed by atoms with E-state index in [1.165, 1.54) is 4.31 Å². The second-order valence-electron chi connectivity index (χ2n) is 6.72. The molecule has 0 bridgehead atoms. The van der Waals surface area contributed by atoms with Crippen molar-refractivity contribution in [1.29, 1.82) is 0 Å². The summed E-state index contributed by atoms with van der Waals surface area (Å²) in [4.78, 5) is 14.3. The van der Waals surface area contributed by atoms with Crippen LogP contribution in [-0.2, 0) is 14.8 Å². The van der Waals surface area contributed by atoms with Gasteiger partial charge in [0.15, 0.2) is 0 Å². The van der Waals surface area contributed by atoms with Crippen molar-refractivity contribution in [3.8, 4) is 0 Å². The molecule has 2 atom stereocenters. The van der Waals surface area contributed by atoms with Crippen molar-refractivity contribution in [2.75, 3.05) is 38.5 Å². The number of urea groups is 1. The fourth-order valence-electron chi connectivity index (χ4n) is 3.73. The molecule has 3 aliphatic heterocycles. The van der Waals surface area contributed by atoms with Gasteiger partial charge >= 0.3 is 6.03 Å². The first-order chi connectivity index (χ1) is 11.0. The molecule has 3 saturated heterocycles. The molecule has 3 aliphatic rings. The van der Waals surface area contributed by atoms with Crippen molar-refractivity contribution in [2.24, 2.45) is 5.92 Å². The van der Waals surface area contributed by atoms with E-state index in [1.807, 2.05) is 4.90 Å². The van der Waals surface area contributed by atoms with Crippen LogP contribution in [0.4, 0.5) is 4.79 Å². The molecule has 23 heavy (non-hydrogen) atoms. The first-order valence-electron chi connectivity index (χ1n) is 8.65. The van der Waals surface area contributed by atoms with E-state index in [4.69, 9.17) is 4.74 Å². The smallest absolute Gasteiger partial charge is 0.317 e. The number of amides is 2. The zero-order chi connectivity index (χ0) is 16.4. The fraction of sp³-hybridized carbons (Fsp3) is 0.933. The predicted molar refractivity (Wildman–Crippen MR) is 86.6 cm³/mol. The topological polar surface area (TPSA) is 79.0 Å². The Balaban J connectivity index is 1.43. The van der Waals surface area contributed by atoms with Crippen molar-refractivity contribution in [3.05, 3.63) is 0 Å². The third kappa shape index (κ3) is 3.64. The summed E-state index contributed by atoms with van der Waals surface area (Å²) in [5.41, 5.74) is 0. The second-order valence-corrected chi connectivity index (χ2v) is 8.98. The minimum absolute atomic E-state index is 0.0280. The van der Waals surface area contributed by atoms with E-state index in [9.17, 15) is 13.2 Å². The van der Waals surface area contributed by atoms with Gasteiger partial charge in [-0.05, 0) is 32.6 Å². The average Bonchev–Trinajstić information content (AvgIpc) is 3.15. The van der Waals surface area contributed by atoms with Gasteiger partial charge in [0.2, 0.25) is 10.0 Å². The van der Waals surface area contributed by atoms with Crippen molar-refractivity contribution < 1.29 is 17.9 Å². The number of likely N-dealkylation sites (tertiary alicyclic amines) is 1. The lowest BCUT2D eigenvalue weighted by atomic mass is 10.0. The molecule has 0 radical (unpaired) electrons. The maximum absolute atomic E-state index is 12.4. The maximum Gasteiger partial charge on any atom is 0.317 e. The summed E-state index contributed by atoms with van der Waals surface area (Å²) in [5, 5.41) is 2.98. The summed E-state index contributed by atoms with van der Waals surface area (Å²) in [6.07, 6.45) is 4.37. The highest BCUT2D eigenvalue weighted by Gasteiger charge is 2.38. The Kier molecular flexibility index (Phi) is 5.13. The molecule has 3 fully saturated rings. The second kappa shape index (κ2) is 6.94. The number of ether oxygens (including phenoxy) is 1. The number of hydrogen-bond donors (Lipinski definition) is 1. The van der Waals surface area contributed by atoms with Crippen molar-refractivity contribution in [2.45, 2.75) is 44.8 Å². The van der Waals surface area contributed by atoms with Gasteiger partial charge in [-0.3, -0.25) is 0 Å². The van der Waals surface area contributed by atoms with Gasteiger partial charge in [0.25, 0.3) is 0 Å². The highest BCUT2D eigenvalue weighted by molar-refractivity contribution is 7.89. The van der Waals surface area contributed by atoms with Crippen LogP contribution in [0, 0.1) is 5.92 Å². The molecule has 0 aromatic heterocycles. The molecule has 132 valence electrons. The molecule has 2 amide bonds. The molecule has 0 saturated carbocycles. The Morgan fingerprint density at radius 2 is 2.04 bits per heavy atom. The highest BCUT2D eigenvalue weighted by atomic mass is 32.2. The van der Waals surface area contributed by atoms with Crippen LogP contribution in [0.25, 0.3) is 0 Å². The largest absolute Gasteiger partial charge is 0.376 e. The molecule has 2 unspecified atom stereocenters. The zero-order valence-electron chi connectivity index (χ0n) is 13.7. The molecule has 1 N–H and O–H groups in total. The third-order valence-corrected chi connectivity index (χ3v) is 6.99. The summed E-state index contributed by atoms with van der Waals surface area (Å²) < 4.78 is 30.6.